The number of anilines is 1. The van der Waals surface area contributed by atoms with Crippen molar-refractivity contribution in [3.63, 3.8) is 0 Å². The summed E-state index contributed by atoms with van der Waals surface area (Å²) in [5.74, 6) is 0.583. The molecule has 1 aliphatic carbocycles. The van der Waals surface area contributed by atoms with Crippen LogP contribution in [0.4, 0.5) is 5.82 Å². The van der Waals surface area contributed by atoms with Crippen LogP contribution in [0.1, 0.15) is 64.8 Å². The Morgan fingerprint density at radius 3 is 2.24 bits per heavy atom. The van der Waals surface area contributed by atoms with Gasteiger partial charge in [-0.1, -0.05) is 0 Å². The van der Waals surface area contributed by atoms with Crippen molar-refractivity contribution < 1.29 is 33.4 Å². The second-order valence-electron chi connectivity index (χ2n) is 15.4. The molecule has 1 saturated carbocycles. The summed E-state index contributed by atoms with van der Waals surface area (Å²) in [6, 6.07) is 9.85. The van der Waals surface area contributed by atoms with Gasteiger partial charge >= 0.3 is 0 Å². The van der Waals surface area contributed by atoms with E-state index in [-0.39, 0.29) is 41.0 Å². The van der Waals surface area contributed by atoms with Crippen molar-refractivity contribution in [1.29, 1.82) is 0 Å². The first-order chi connectivity index (χ1) is 26.4. The van der Waals surface area contributed by atoms with Gasteiger partial charge < -0.3 is 23.7 Å². The number of nitrogens with one attached hydrogen (secondary N) is 1. The number of nitrogens with zero attached hydrogens (tertiary/aromatic N) is 5. The summed E-state index contributed by atoms with van der Waals surface area (Å²) in [6.45, 7) is 2.46. The summed E-state index contributed by atoms with van der Waals surface area (Å²) in [6.07, 6.45) is 7.48. The van der Waals surface area contributed by atoms with Crippen LogP contribution in [0.15, 0.2) is 53.6 Å². The molecule has 55 heavy (non-hydrogen) atoms. The van der Waals surface area contributed by atoms with Gasteiger partial charge in [0.15, 0.2) is 0 Å². The van der Waals surface area contributed by atoms with E-state index in [4.69, 9.17) is 14.2 Å². The van der Waals surface area contributed by atoms with Crippen LogP contribution in [0.2, 0.25) is 0 Å². The molecule has 2 aromatic heterocycles. The van der Waals surface area contributed by atoms with Crippen LogP contribution in [0, 0.1) is 5.41 Å². The summed E-state index contributed by atoms with van der Waals surface area (Å²) < 4.78 is 19.8. The number of ether oxygens (including phenoxy) is 3. The molecule has 1 atom stereocenters. The topological polar surface area (TPSA) is 153 Å². The van der Waals surface area contributed by atoms with Gasteiger partial charge in [-0.2, -0.15) is 0 Å². The van der Waals surface area contributed by atoms with E-state index in [2.05, 4.69) is 15.2 Å². The number of fused-ring (bicyclic) bond motifs is 2. The molecule has 0 bridgehead atoms. The van der Waals surface area contributed by atoms with Crippen LogP contribution < -0.4 is 30.0 Å². The van der Waals surface area contributed by atoms with Crippen molar-refractivity contribution in [2.75, 3.05) is 46.3 Å². The van der Waals surface area contributed by atoms with Gasteiger partial charge in [-0.25, -0.2) is 4.98 Å². The molecule has 4 aromatic rings. The number of aromatic nitrogens is 2. The second kappa shape index (κ2) is 13.8. The maximum absolute atomic E-state index is 13.3. The van der Waals surface area contributed by atoms with Gasteiger partial charge in [0.2, 0.25) is 11.8 Å². The monoisotopic (exact) mass is 748 g/mol. The molecule has 14 heteroatoms. The SMILES string of the molecule is COc1cc(-c2cn(C)c(=O)c3cnc(N(C)C)cc23)cc(OC)c1CN1CCC2(CC1)CC(Oc1ccc3c(c1)C(=O)N(C1CCC(=O)NC1=O)C3=O)C2. The Hall–Kier alpha value is -5.76. The quantitative estimate of drug-likeness (QED) is 0.248. The molecule has 5 heterocycles. The molecule has 3 fully saturated rings. The number of piperidine rings is 2. The molecule has 4 aliphatic rings. The highest BCUT2D eigenvalue weighted by Gasteiger charge is 2.48. The minimum atomic E-state index is -1.00. The second-order valence-corrected chi connectivity index (χ2v) is 15.4. The van der Waals surface area contributed by atoms with Gasteiger partial charge in [-0.05, 0) is 92.6 Å². The van der Waals surface area contributed by atoms with Gasteiger partial charge in [-0.3, -0.25) is 39.1 Å². The zero-order chi connectivity index (χ0) is 38.8. The first-order valence-corrected chi connectivity index (χ1v) is 18.6. The minimum Gasteiger partial charge on any atom is -0.496 e. The van der Waals surface area contributed by atoms with Crippen LogP contribution in [0.25, 0.3) is 21.9 Å². The van der Waals surface area contributed by atoms with Crippen molar-refractivity contribution in [3.05, 3.63) is 75.8 Å². The van der Waals surface area contributed by atoms with Crippen molar-refractivity contribution in [3.8, 4) is 28.4 Å². The number of imide groups is 2. The Bertz CT molecular complexity index is 2290. The zero-order valence-corrected chi connectivity index (χ0v) is 31.6. The maximum atomic E-state index is 13.3. The average Bonchev–Trinajstić information content (AvgIpc) is 3.40. The van der Waals surface area contributed by atoms with Crippen LogP contribution in [-0.2, 0) is 23.2 Å². The molecular formula is C41H44N6O8. The Morgan fingerprint density at radius 1 is 0.891 bits per heavy atom. The summed E-state index contributed by atoms with van der Waals surface area (Å²) in [5.41, 5.74) is 3.22. The Morgan fingerprint density at radius 2 is 1.58 bits per heavy atom. The lowest BCUT2D eigenvalue weighted by Crippen LogP contribution is -2.54. The smallest absolute Gasteiger partial charge is 0.262 e. The van der Waals surface area contributed by atoms with E-state index in [1.807, 2.05) is 43.4 Å². The van der Waals surface area contributed by atoms with Crippen LogP contribution >= 0.6 is 0 Å². The zero-order valence-electron chi connectivity index (χ0n) is 31.6. The van der Waals surface area contributed by atoms with Crippen LogP contribution in [-0.4, -0.2) is 96.5 Å². The number of carbonyl (C=O) groups is 4. The molecule has 14 nitrogen and oxygen atoms in total. The fraction of sp³-hybridized carbons (Fsp3) is 0.415. The number of hydrogen-bond acceptors (Lipinski definition) is 11. The lowest BCUT2D eigenvalue weighted by molar-refractivity contribution is -0.136. The van der Waals surface area contributed by atoms with Gasteiger partial charge in [0, 0.05) is 57.5 Å². The van der Waals surface area contributed by atoms with E-state index in [1.165, 1.54) is 0 Å². The normalized spacial score (nSPS) is 19.7. The summed E-state index contributed by atoms with van der Waals surface area (Å²) in [4.78, 5) is 73.2. The largest absolute Gasteiger partial charge is 0.496 e. The van der Waals surface area contributed by atoms with Crippen molar-refractivity contribution >= 4 is 40.2 Å². The lowest BCUT2D eigenvalue weighted by atomic mass is 9.61. The van der Waals surface area contributed by atoms with Gasteiger partial charge in [0.05, 0.1) is 42.4 Å². The summed E-state index contributed by atoms with van der Waals surface area (Å²) in [7, 11) is 8.91. The number of likely N-dealkylation sites (tertiary alicyclic amines) is 1. The Balaban J connectivity index is 0.921. The summed E-state index contributed by atoms with van der Waals surface area (Å²) in [5, 5.41) is 3.57. The standard InChI is InChI=1S/C41H44N6O8/c1-44(2)35-17-27-29(20-42-35)38(50)45(3)21-30(27)23-14-33(53-4)31(34(15-23)54-5)22-46-12-10-41(11-13-46)18-25(19-41)55-24-6-7-26-28(16-24)40(52)47(39(26)51)32-8-9-36(48)43-37(32)49/h6-7,14-17,20-21,25,32H,8-13,18-19,22H2,1-5H3,(H,43,48,49). The van der Waals surface area contributed by atoms with Gasteiger partial charge in [0.25, 0.3) is 17.4 Å². The summed E-state index contributed by atoms with van der Waals surface area (Å²) >= 11 is 0. The fourth-order valence-corrected chi connectivity index (χ4v) is 8.64. The number of amides is 4. The first-order valence-electron chi connectivity index (χ1n) is 18.6. The van der Waals surface area contributed by atoms with Crippen molar-refractivity contribution in [1.82, 2.24) is 24.7 Å². The van der Waals surface area contributed by atoms with E-state index in [0.29, 0.717) is 29.2 Å². The lowest BCUT2D eigenvalue weighted by Gasteiger charge is -2.51. The van der Waals surface area contributed by atoms with Gasteiger partial charge in [0.1, 0.15) is 29.1 Å². The molecule has 3 aliphatic heterocycles. The molecule has 0 radical (unpaired) electrons. The van der Waals surface area contributed by atoms with Crippen LogP contribution in [0.3, 0.4) is 0 Å². The maximum Gasteiger partial charge on any atom is 0.262 e. The number of aryl methyl sites for hydroxylation is 1. The number of hydrogen-bond donors (Lipinski definition) is 1. The number of methoxy groups -OCH3 is 2. The van der Waals surface area contributed by atoms with E-state index in [9.17, 15) is 24.0 Å². The number of pyridine rings is 2. The third kappa shape index (κ3) is 6.37. The van der Waals surface area contributed by atoms with Gasteiger partial charge in [-0.15, -0.1) is 0 Å². The molecule has 2 aromatic carbocycles. The van der Waals surface area contributed by atoms with E-state index < -0.39 is 29.7 Å². The Labute approximate surface area is 317 Å². The van der Waals surface area contributed by atoms with Crippen LogP contribution in [0.5, 0.6) is 17.2 Å². The fourth-order valence-electron chi connectivity index (χ4n) is 8.64. The Kier molecular flexibility index (Phi) is 9.11. The number of rotatable bonds is 9. The molecule has 2 saturated heterocycles. The molecule has 286 valence electrons. The van der Waals surface area contributed by atoms with E-state index in [0.717, 1.165) is 71.6 Å². The van der Waals surface area contributed by atoms with Crippen molar-refractivity contribution in [2.24, 2.45) is 12.5 Å². The minimum absolute atomic E-state index is 0.00563. The average molecular weight is 749 g/mol. The van der Waals surface area contributed by atoms with E-state index >= 15 is 0 Å². The number of benzene rings is 2. The third-order valence-electron chi connectivity index (χ3n) is 11.8. The van der Waals surface area contributed by atoms with E-state index in [1.54, 1.807) is 50.2 Å². The highest BCUT2D eigenvalue weighted by atomic mass is 16.5. The molecule has 1 N–H and O–H groups in total. The molecule has 1 spiro atoms. The molecular weight excluding hydrogens is 704 g/mol. The highest BCUT2D eigenvalue weighted by Crippen LogP contribution is 2.51. The molecule has 4 amide bonds. The number of carbonyl (C=O) groups excluding carboxylic acids is 4. The predicted molar refractivity (Wildman–Crippen MR) is 204 cm³/mol. The van der Waals surface area contributed by atoms with Crippen molar-refractivity contribution in [2.45, 2.75) is 57.2 Å². The third-order valence-corrected chi connectivity index (χ3v) is 11.8. The predicted octanol–water partition coefficient (Wildman–Crippen LogP) is 3.91. The first kappa shape index (κ1) is 36.2. The molecule has 1 unspecified atom stereocenters. The highest BCUT2D eigenvalue weighted by molar-refractivity contribution is 6.23. The molecule has 8 rings (SSSR count).